The molecule has 2 N–H and O–H groups in total. The summed E-state index contributed by atoms with van der Waals surface area (Å²) in [7, 11) is 0. The first-order chi connectivity index (χ1) is 13.5. The highest BCUT2D eigenvalue weighted by molar-refractivity contribution is 5.91. The molecule has 0 bridgehead atoms. The predicted octanol–water partition coefficient (Wildman–Crippen LogP) is 2.87. The van der Waals surface area contributed by atoms with Crippen LogP contribution in [0.15, 0.2) is 60.8 Å². The van der Waals surface area contributed by atoms with E-state index in [-0.39, 0.29) is 24.3 Å². The summed E-state index contributed by atoms with van der Waals surface area (Å²) in [4.78, 5) is 13.8. The lowest BCUT2D eigenvalue weighted by Crippen LogP contribution is -3.14. The molecule has 0 aliphatic carbocycles. The average molecular weight is 378 g/mol. The van der Waals surface area contributed by atoms with Crippen molar-refractivity contribution >= 4 is 11.6 Å². The van der Waals surface area contributed by atoms with Gasteiger partial charge in [0.2, 0.25) is 0 Å². The second-order valence-corrected chi connectivity index (χ2v) is 7.51. The number of aromatic nitrogens is 1. The van der Waals surface area contributed by atoms with Crippen LogP contribution in [0.2, 0.25) is 0 Å². The van der Waals surface area contributed by atoms with Gasteiger partial charge in [-0.25, -0.2) is 4.39 Å². The van der Waals surface area contributed by atoms with Crippen molar-refractivity contribution in [1.82, 2.24) is 4.57 Å². The molecule has 0 saturated heterocycles. The van der Waals surface area contributed by atoms with E-state index in [0.717, 1.165) is 34.9 Å². The maximum absolute atomic E-state index is 14.6. The van der Waals surface area contributed by atoms with E-state index >= 15 is 0 Å². The molecule has 1 amide bonds. The molecule has 0 spiro atoms. The van der Waals surface area contributed by atoms with E-state index < -0.39 is 0 Å². The minimum absolute atomic E-state index is 0.0559. The van der Waals surface area contributed by atoms with E-state index in [4.69, 9.17) is 0 Å². The van der Waals surface area contributed by atoms with Crippen LogP contribution in [0.5, 0.6) is 0 Å². The summed E-state index contributed by atoms with van der Waals surface area (Å²) >= 11 is 0. The standard InChI is InChI=1S/C23H24FN3O/c1-16-9-10-18(14-17(16)2)25-22(28)15-27-13-12-26-11-5-8-21(26)23(27)19-6-3-4-7-20(19)24/h3-11,14,23H,12-13,15H2,1-2H3,(H,25,28)/p+1/t23-/m0/s1. The minimum atomic E-state index is -0.228. The van der Waals surface area contributed by atoms with Gasteiger partial charge in [-0.1, -0.05) is 18.2 Å². The Morgan fingerprint density at radius 2 is 1.96 bits per heavy atom. The maximum Gasteiger partial charge on any atom is 0.279 e. The monoisotopic (exact) mass is 378 g/mol. The van der Waals surface area contributed by atoms with Crippen LogP contribution in [0.3, 0.4) is 0 Å². The Bertz CT molecular complexity index is 1010. The van der Waals surface area contributed by atoms with Gasteiger partial charge in [0.05, 0.1) is 24.3 Å². The Morgan fingerprint density at radius 1 is 1.14 bits per heavy atom. The van der Waals surface area contributed by atoms with Crippen molar-refractivity contribution in [3.8, 4) is 0 Å². The molecule has 2 atom stereocenters. The van der Waals surface area contributed by atoms with E-state index in [1.165, 1.54) is 11.6 Å². The van der Waals surface area contributed by atoms with Crippen molar-refractivity contribution in [1.29, 1.82) is 0 Å². The number of aryl methyl sites for hydroxylation is 2. The molecule has 0 saturated carbocycles. The van der Waals surface area contributed by atoms with Gasteiger partial charge >= 0.3 is 0 Å². The molecule has 1 aromatic heterocycles. The number of benzene rings is 2. The van der Waals surface area contributed by atoms with Gasteiger partial charge in [0, 0.05) is 11.9 Å². The quantitative estimate of drug-likeness (QED) is 0.720. The molecule has 0 fully saturated rings. The lowest BCUT2D eigenvalue weighted by Gasteiger charge is -2.34. The number of rotatable bonds is 4. The first-order valence-corrected chi connectivity index (χ1v) is 9.64. The van der Waals surface area contributed by atoms with Gasteiger partial charge in [0.25, 0.3) is 5.91 Å². The largest absolute Gasteiger partial charge is 0.340 e. The van der Waals surface area contributed by atoms with Gasteiger partial charge in [-0.2, -0.15) is 0 Å². The Balaban J connectivity index is 1.58. The Labute approximate surface area is 164 Å². The molecular formula is C23H25FN3O+. The first kappa shape index (κ1) is 18.4. The van der Waals surface area contributed by atoms with E-state index in [1.807, 2.05) is 62.5 Å². The number of amides is 1. The number of hydrogen-bond donors (Lipinski definition) is 2. The van der Waals surface area contributed by atoms with Gasteiger partial charge in [-0.05, 0) is 61.4 Å². The van der Waals surface area contributed by atoms with Gasteiger partial charge in [-0.15, -0.1) is 0 Å². The molecule has 1 aliphatic heterocycles. The Kier molecular flexibility index (Phi) is 5.01. The molecular weight excluding hydrogens is 353 g/mol. The SMILES string of the molecule is Cc1ccc(NC(=O)C[NH+]2CCn3cccc3[C@@H]2c2ccccc2F)cc1C. The summed E-state index contributed by atoms with van der Waals surface area (Å²) < 4.78 is 16.7. The molecule has 4 nitrogen and oxygen atoms in total. The van der Waals surface area contributed by atoms with Crippen molar-refractivity contribution < 1.29 is 14.1 Å². The summed E-state index contributed by atoms with van der Waals surface area (Å²) in [5.74, 6) is -0.284. The number of carbonyl (C=O) groups is 1. The highest BCUT2D eigenvalue weighted by Crippen LogP contribution is 2.24. The van der Waals surface area contributed by atoms with Crippen molar-refractivity contribution in [2.75, 3.05) is 18.4 Å². The zero-order valence-corrected chi connectivity index (χ0v) is 16.2. The molecule has 2 heterocycles. The molecule has 1 aliphatic rings. The zero-order valence-electron chi connectivity index (χ0n) is 16.2. The summed E-state index contributed by atoms with van der Waals surface area (Å²) in [6.07, 6.45) is 2.02. The molecule has 0 radical (unpaired) electrons. The number of nitrogens with zero attached hydrogens (tertiary/aromatic N) is 1. The molecule has 1 unspecified atom stereocenters. The number of hydrogen-bond acceptors (Lipinski definition) is 1. The van der Waals surface area contributed by atoms with Crippen molar-refractivity contribution in [3.05, 3.63) is 89.0 Å². The fourth-order valence-corrected chi connectivity index (χ4v) is 4.02. The summed E-state index contributed by atoms with van der Waals surface area (Å²) in [5.41, 5.74) is 4.82. The fourth-order valence-electron chi connectivity index (χ4n) is 4.02. The van der Waals surface area contributed by atoms with E-state index in [9.17, 15) is 9.18 Å². The van der Waals surface area contributed by atoms with Gasteiger partial charge < -0.3 is 14.8 Å². The van der Waals surface area contributed by atoms with Crippen molar-refractivity contribution in [3.63, 3.8) is 0 Å². The highest BCUT2D eigenvalue weighted by Gasteiger charge is 2.35. The predicted molar refractivity (Wildman–Crippen MR) is 108 cm³/mol. The van der Waals surface area contributed by atoms with E-state index in [1.54, 1.807) is 6.07 Å². The number of anilines is 1. The zero-order chi connectivity index (χ0) is 19.7. The minimum Gasteiger partial charge on any atom is -0.340 e. The molecule has 28 heavy (non-hydrogen) atoms. The van der Waals surface area contributed by atoms with Crippen LogP contribution in [0.25, 0.3) is 0 Å². The summed E-state index contributed by atoms with van der Waals surface area (Å²) in [6.45, 7) is 5.95. The van der Waals surface area contributed by atoms with Crippen LogP contribution < -0.4 is 10.2 Å². The molecule has 4 rings (SSSR count). The number of nitrogens with one attached hydrogen (secondary N) is 2. The van der Waals surface area contributed by atoms with Crippen LogP contribution >= 0.6 is 0 Å². The molecule has 3 aromatic rings. The van der Waals surface area contributed by atoms with Crippen LogP contribution in [-0.4, -0.2) is 23.6 Å². The average Bonchev–Trinajstić information content (AvgIpc) is 3.14. The summed E-state index contributed by atoms with van der Waals surface area (Å²) in [5, 5.41) is 3.00. The van der Waals surface area contributed by atoms with Crippen LogP contribution in [-0.2, 0) is 11.3 Å². The lowest BCUT2D eigenvalue weighted by atomic mass is 9.99. The topological polar surface area (TPSA) is 38.5 Å². The van der Waals surface area contributed by atoms with Crippen molar-refractivity contribution in [2.45, 2.75) is 26.4 Å². The van der Waals surface area contributed by atoms with Crippen LogP contribution in [0, 0.1) is 19.7 Å². The Hall–Kier alpha value is -2.92. The third-order valence-electron chi connectivity index (χ3n) is 5.64. The van der Waals surface area contributed by atoms with E-state index in [0.29, 0.717) is 5.56 Å². The van der Waals surface area contributed by atoms with Crippen molar-refractivity contribution in [2.24, 2.45) is 0 Å². The smallest absolute Gasteiger partial charge is 0.279 e. The van der Waals surface area contributed by atoms with Gasteiger partial charge in [0.15, 0.2) is 12.6 Å². The number of carbonyl (C=O) groups excluding carboxylic acids is 1. The molecule has 5 heteroatoms. The highest BCUT2D eigenvalue weighted by atomic mass is 19.1. The number of halogens is 1. The molecule has 144 valence electrons. The normalized spacial score (nSPS) is 18.5. The van der Waals surface area contributed by atoms with Crippen LogP contribution in [0.1, 0.15) is 28.4 Å². The molecule has 2 aromatic carbocycles. The second kappa shape index (κ2) is 7.60. The van der Waals surface area contributed by atoms with Gasteiger partial charge in [0.1, 0.15) is 5.82 Å². The first-order valence-electron chi connectivity index (χ1n) is 9.64. The third-order valence-corrected chi connectivity index (χ3v) is 5.64. The number of quaternary nitrogens is 1. The van der Waals surface area contributed by atoms with E-state index in [2.05, 4.69) is 9.88 Å². The van der Waals surface area contributed by atoms with Crippen LogP contribution in [0.4, 0.5) is 10.1 Å². The second-order valence-electron chi connectivity index (χ2n) is 7.51. The summed E-state index contributed by atoms with van der Waals surface area (Å²) in [6, 6.07) is 16.6. The lowest BCUT2D eigenvalue weighted by molar-refractivity contribution is -0.922. The third kappa shape index (κ3) is 3.58. The number of fused-ring (bicyclic) bond motifs is 1. The maximum atomic E-state index is 14.6. The fraction of sp³-hybridized carbons (Fsp3) is 0.261. The van der Waals surface area contributed by atoms with Gasteiger partial charge in [-0.3, -0.25) is 4.79 Å². The Morgan fingerprint density at radius 3 is 2.75 bits per heavy atom.